The van der Waals surface area contributed by atoms with Crippen LogP contribution in [0.5, 0.6) is 0 Å². The van der Waals surface area contributed by atoms with Gasteiger partial charge in [-0.05, 0) is 40.4 Å². The van der Waals surface area contributed by atoms with E-state index in [0.717, 1.165) is 27.2 Å². The first-order chi connectivity index (χ1) is 9.22. The van der Waals surface area contributed by atoms with E-state index in [-0.39, 0.29) is 0 Å². The van der Waals surface area contributed by atoms with Gasteiger partial charge in [0.25, 0.3) is 0 Å². The lowest BCUT2D eigenvalue weighted by Crippen LogP contribution is -2.27. The van der Waals surface area contributed by atoms with Gasteiger partial charge in [0.05, 0.1) is 6.61 Å². The normalized spacial score (nSPS) is 14.1. The maximum absolute atomic E-state index is 9.56. The van der Waals surface area contributed by atoms with Gasteiger partial charge in [0.15, 0.2) is 0 Å². The Bertz CT molecular complexity index is 640. The van der Waals surface area contributed by atoms with Crippen LogP contribution in [0.2, 0.25) is 5.02 Å². The Kier molecular flexibility index (Phi) is 3.43. The molecule has 2 aromatic rings. The van der Waals surface area contributed by atoms with Crippen LogP contribution >= 0.6 is 11.6 Å². The molecule has 94 valence electrons. The van der Waals surface area contributed by atoms with Crippen LogP contribution in [0.1, 0.15) is 16.7 Å². The van der Waals surface area contributed by atoms with Gasteiger partial charge in [0, 0.05) is 5.02 Å². The zero-order chi connectivity index (χ0) is 13.2. The molecule has 0 radical (unpaired) electrons. The molecule has 0 saturated heterocycles. The second-order valence-electron chi connectivity index (χ2n) is 4.51. The topological polar surface area (TPSA) is 29.5 Å². The summed E-state index contributed by atoms with van der Waals surface area (Å²) in [6, 6.07) is 13.6. The Morgan fingerprint density at radius 1 is 1.11 bits per heavy atom. The van der Waals surface area contributed by atoms with E-state index in [9.17, 15) is 5.02 Å². The van der Waals surface area contributed by atoms with Crippen molar-refractivity contribution in [1.82, 2.24) is 0 Å². The molecule has 0 aromatic heterocycles. The molecule has 0 fully saturated rings. The van der Waals surface area contributed by atoms with Gasteiger partial charge in [-0.2, -0.15) is 0 Å². The molecule has 1 aliphatic rings. The molecular formula is C15H12BClO2. The molecule has 0 aliphatic carbocycles. The van der Waals surface area contributed by atoms with Crippen molar-refractivity contribution in [2.24, 2.45) is 0 Å². The van der Waals surface area contributed by atoms with Crippen LogP contribution < -0.4 is 5.46 Å². The van der Waals surface area contributed by atoms with E-state index in [1.165, 1.54) is 0 Å². The van der Waals surface area contributed by atoms with Crippen molar-refractivity contribution in [3.8, 4) is 0 Å². The second-order valence-corrected chi connectivity index (χ2v) is 4.95. The third-order valence-electron chi connectivity index (χ3n) is 3.15. The smallest absolute Gasteiger partial charge is 0.423 e. The van der Waals surface area contributed by atoms with Crippen molar-refractivity contribution in [2.75, 3.05) is 0 Å². The van der Waals surface area contributed by atoms with Crippen LogP contribution in [0.3, 0.4) is 0 Å². The summed E-state index contributed by atoms with van der Waals surface area (Å²) in [5, 5.41) is 10.3. The third-order valence-corrected chi connectivity index (χ3v) is 3.38. The predicted molar refractivity (Wildman–Crippen MR) is 79.2 cm³/mol. The monoisotopic (exact) mass is 270 g/mol. The first kappa shape index (κ1) is 12.5. The van der Waals surface area contributed by atoms with E-state index in [2.05, 4.69) is 0 Å². The number of rotatable bonds is 2. The lowest BCUT2D eigenvalue weighted by molar-refractivity contribution is 0.275. The quantitative estimate of drug-likeness (QED) is 0.672. The molecule has 1 aliphatic heterocycles. The molecule has 19 heavy (non-hydrogen) atoms. The molecule has 4 heteroatoms. The Morgan fingerprint density at radius 3 is 2.68 bits per heavy atom. The van der Waals surface area contributed by atoms with Crippen LogP contribution in [-0.2, 0) is 11.3 Å². The Hall–Kier alpha value is -1.55. The van der Waals surface area contributed by atoms with Crippen LogP contribution in [0.25, 0.3) is 12.2 Å². The molecule has 3 rings (SSSR count). The molecule has 0 amide bonds. The van der Waals surface area contributed by atoms with Gasteiger partial charge in [0.1, 0.15) is 0 Å². The lowest BCUT2D eigenvalue weighted by atomic mass is 9.79. The molecule has 2 aromatic carbocycles. The molecule has 0 atom stereocenters. The maximum Gasteiger partial charge on any atom is 0.491 e. The van der Waals surface area contributed by atoms with Crippen molar-refractivity contribution >= 4 is 36.3 Å². The number of hydrogen-bond acceptors (Lipinski definition) is 2. The zero-order valence-electron chi connectivity index (χ0n) is 10.2. The van der Waals surface area contributed by atoms with E-state index >= 15 is 0 Å². The SMILES string of the molecule is OB1OCc2cc(/C=C/c3cccc(Cl)c3)ccc21. The Morgan fingerprint density at radius 2 is 1.89 bits per heavy atom. The highest BCUT2D eigenvalue weighted by atomic mass is 35.5. The van der Waals surface area contributed by atoms with Gasteiger partial charge in [0.2, 0.25) is 0 Å². The first-order valence-electron chi connectivity index (χ1n) is 6.08. The number of halogens is 1. The van der Waals surface area contributed by atoms with Gasteiger partial charge in [-0.25, -0.2) is 0 Å². The Labute approximate surface area is 117 Å². The summed E-state index contributed by atoms with van der Waals surface area (Å²) in [6.45, 7) is 0.468. The highest BCUT2D eigenvalue weighted by Gasteiger charge is 2.26. The summed E-state index contributed by atoms with van der Waals surface area (Å²) in [5.74, 6) is 0. The minimum absolute atomic E-state index is 0.468. The fourth-order valence-electron chi connectivity index (χ4n) is 2.16. The van der Waals surface area contributed by atoms with E-state index in [1.807, 2.05) is 54.6 Å². The van der Waals surface area contributed by atoms with Crippen LogP contribution in [0.4, 0.5) is 0 Å². The second kappa shape index (κ2) is 5.21. The molecule has 0 saturated carbocycles. The summed E-state index contributed by atoms with van der Waals surface area (Å²) < 4.78 is 5.17. The fourth-order valence-corrected chi connectivity index (χ4v) is 2.36. The number of hydrogen-bond donors (Lipinski definition) is 1. The van der Waals surface area contributed by atoms with Gasteiger partial charge in [-0.1, -0.05) is 48.0 Å². The highest BCUT2D eigenvalue weighted by Crippen LogP contribution is 2.16. The minimum Gasteiger partial charge on any atom is -0.423 e. The summed E-state index contributed by atoms with van der Waals surface area (Å²) in [6.07, 6.45) is 4.04. The maximum atomic E-state index is 9.56. The first-order valence-corrected chi connectivity index (χ1v) is 6.46. The van der Waals surface area contributed by atoms with Crippen molar-refractivity contribution in [1.29, 1.82) is 0 Å². The van der Waals surface area contributed by atoms with Crippen LogP contribution in [0.15, 0.2) is 42.5 Å². The standard InChI is InChI=1S/C15H12BClO2/c17-14-3-1-2-11(9-14)4-5-12-6-7-15-13(8-12)10-19-16(15)18/h1-9,18H,10H2/b5-4+. The highest BCUT2D eigenvalue weighted by molar-refractivity contribution is 6.61. The van der Waals surface area contributed by atoms with E-state index in [4.69, 9.17) is 16.3 Å². The molecule has 0 bridgehead atoms. The van der Waals surface area contributed by atoms with Gasteiger partial charge < -0.3 is 9.68 Å². The Balaban J connectivity index is 1.84. The number of fused-ring (bicyclic) bond motifs is 1. The summed E-state index contributed by atoms with van der Waals surface area (Å²) in [5.41, 5.74) is 4.04. The largest absolute Gasteiger partial charge is 0.491 e. The molecule has 0 unspecified atom stereocenters. The number of benzene rings is 2. The molecule has 0 spiro atoms. The zero-order valence-corrected chi connectivity index (χ0v) is 11.0. The van der Waals surface area contributed by atoms with Crippen molar-refractivity contribution < 1.29 is 9.68 Å². The van der Waals surface area contributed by atoms with Gasteiger partial charge in [-0.3, -0.25) is 0 Å². The minimum atomic E-state index is -0.777. The summed E-state index contributed by atoms with van der Waals surface area (Å²) >= 11 is 5.94. The van der Waals surface area contributed by atoms with Crippen molar-refractivity contribution in [2.45, 2.75) is 6.61 Å². The predicted octanol–water partition coefficient (Wildman–Crippen LogP) is 2.73. The van der Waals surface area contributed by atoms with E-state index in [0.29, 0.717) is 6.61 Å². The average Bonchev–Trinajstić information content (AvgIpc) is 2.78. The third kappa shape index (κ3) is 2.74. The molecular weight excluding hydrogens is 258 g/mol. The summed E-state index contributed by atoms with van der Waals surface area (Å²) in [4.78, 5) is 0. The molecule has 2 nitrogen and oxygen atoms in total. The van der Waals surface area contributed by atoms with E-state index < -0.39 is 7.12 Å². The van der Waals surface area contributed by atoms with Crippen molar-refractivity contribution in [3.63, 3.8) is 0 Å². The molecule has 1 heterocycles. The van der Waals surface area contributed by atoms with Crippen LogP contribution in [0, 0.1) is 0 Å². The van der Waals surface area contributed by atoms with Crippen molar-refractivity contribution in [3.05, 3.63) is 64.2 Å². The van der Waals surface area contributed by atoms with Gasteiger partial charge in [-0.15, -0.1) is 0 Å². The van der Waals surface area contributed by atoms with Crippen LogP contribution in [-0.4, -0.2) is 12.1 Å². The fraction of sp³-hybridized carbons (Fsp3) is 0.0667. The van der Waals surface area contributed by atoms with Gasteiger partial charge >= 0.3 is 7.12 Å². The average molecular weight is 271 g/mol. The lowest BCUT2D eigenvalue weighted by Gasteiger charge is -2.00. The summed E-state index contributed by atoms with van der Waals surface area (Å²) in [7, 11) is -0.777. The van der Waals surface area contributed by atoms with E-state index in [1.54, 1.807) is 0 Å². The molecule has 1 N–H and O–H groups in total.